The number of carbonyl (C=O) groups is 2. The van der Waals surface area contributed by atoms with E-state index in [0.717, 1.165) is 37.7 Å². The number of carbonyl (C=O) groups excluding carboxylic acids is 2. The lowest BCUT2D eigenvalue weighted by Gasteiger charge is -2.37. The molecule has 2 aliphatic rings. The van der Waals surface area contributed by atoms with E-state index < -0.39 is 0 Å². The molecular weight excluding hydrogens is 467 g/mol. The summed E-state index contributed by atoms with van der Waals surface area (Å²) in [5.41, 5.74) is 1.06. The zero-order chi connectivity index (χ0) is 24.2. The van der Waals surface area contributed by atoms with Crippen molar-refractivity contribution in [3.63, 3.8) is 0 Å². The molecule has 0 bridgehead atoms. The minimum atomic E-state index is -0.366. The average Bonchev–Trinajstić information content (AvgIpc) is 3.64. The molecule has 0 spiro atoms. The number of benzene rings is 1. The van der Waals surface area contributed by atoms with Crippen LogP contribution in [0.15, 0.2) is 58.5 Å². The van der Waals surface area contributed by atoms with Gasteiger partial charge in [0, 0.05) is 23.4 Å². The maximum atomic E-state index is 13.7. The number of furan rings is 1. The Kier molecular flexibility index (Phi) is 7.18. The van der Waals surface area contributed by atoms with Crippen molar-refractivity contribution in [1.29, 1.82) is 0 Å². The highest BCUT2D eigenvalue weighted by Gasteiger charge is 2.35. The minimum absolute atomic E-state index is 0.00797. The smallest absolute Gasteiger partial charge is 0.242 e. The van der Waals surface area contributed by atoms with Crippen molar-refractivity contribution in [3.8, 4) is 5.75 Å². The van der Waals surface area contributed by atoms with E-state index in [0.29, 0.717) is 18.1 Å². The summed E-state index contributed by atoms with van der Waals surface area (Å²) in [5, 5.41) is 2.03. The standard InChI is InChI=1S/C27H29FN2O4S/c28-20-7-3-8-21(15-20)34-18-24-23-11-14-35-25(23)10-12-30(24)26(31)17-29(16-22-9-4-13-33-22)27(32)19-5-1-2-6-19/h3-4,7-9,11,13-15,19,24H,1-2,5-6,10,12,16-18H2/t24-/m1/s1. The van der Waals surface area contributed by atoms with Gasteiger partial charge in [0.1, 0.15) is 30.5 Å². The van der Waals surface area contributed by atoms with E-state index >= 15 is 0 Å². The lowest BCUT2D eigenvalue weighted by molar-refractivity contribution is -0.145. The molecule has 8 heteroatoms. The minimum Gasteiger partial charge on any atom is -0.491 e. The Morgan fingerprint density at radius 2 is 2.03 bits per heavy atom. The summed E-state index contributed by atoms with van der Waals surface area (Å²) in [4.78, 5) is 31.7. The van der Waals surface area contributed by atoms with Crippen molar-refractivity contribution >= 4 is 23.2 Å². The van der Waals surface area contributed by atoms with Crippen LogP contribution in [0.2, 0.25) is 0 Å². The van der Waals surface area contributed by atoms with Crippen LogP contribution >= 0.6 is 11.3 Å². The number of amides is 2. The summed E-state index contributed by atoms with van der Waals surface area (Å²) in [6, 6.07) is 11.4. The summed E-state index contributed by atoms with van der Waals surface area (Å²) in [5.74, 6) is 0.592. The Bertz CT molecular complexity index is 1160. The lowest BCUT2D eigenvalue weighted by atomic mass is 10.00. The van der Waals surface area contributed by atoms with Crippen LogP contribution in [0.1, 0.15) is 47.9 Å². The van der Waals surface area contributed by atoms with Gasteiger partial charge >= 0.3 is 0 Å². The maximum Gasteiger partial charge on any atom is 0.242 e. The van der Waals surface area contributed by atoms with Crippen molar-refractivity contribution in [2.24, 2.45) is 5.92 Å². The fourth-order valence-electron chi connectivity index (χ4n) is 5.09. The van der Waals surface area contributed by atoms with Crippen LogP contribution < -0.4 is 4.74 Å². The number of nitrogens with zero attached hydrogens (tertiary/aromatic N) is 2. The van der Waals surface area contributed by atoms with Gasteiger partial charge in [-0.25, -0.2) is 4.39 Å². The second kappa shape index (κ2) is 10.6. The normalized spacial score (nSPS) is 17.9. The van der Waals surface area contributed by atoms with E-state index in [1.165, 1.54) is 17.0 Å². The van der Waals surface area contributed by atoms with Crippen molar-refractivity contribution in [2.75, 3.05) is 19.7 Å². The molecule has 2 amide bonds. The fraction of sp³-hybridized carbons (Fsp3) is 0.407. The zero-order valence-corrected chi connectivity index (χ0v) is 20.3. The molecule has 6 nitrogen and oxygen atoms in total. The summed E-state index contributed by atoms with van der Waals surface area (Å²) < 4.78 is 25.1. The second-order valence-electron chi connectivity index (χ2n) is 9.18. The van der Waals surface area contributed by atoms with Crippen LogP contribution in [-0.2, 0) is 22.6 Å². The Morgan fingerprint density at radius 1 is 1.17 bits per heavy atom. The maximum absolute atomic E-state index is 13.7. The van der Waals surface area contributed by atoms with Crippen molar-refractivity contribution in [1.82, 2.24) is 9.80 Å². The van der Waals surface area contributed by atoms with E-state index in [1.54, 1.807) is 40.7 Å². The molecule has 35 heavy (non-hydrogen) atoms. The Balaban J connectivity index is 1.34. The quantitative estimate of drug-likeness (QED) is 0.430. The van der Waals surface area contributed by atoms with E-state index in [9.17, 15) is 14.0 Å². The van der Waals surface area contributed by atoms with Crippen LogP contribution in [0, 0.1) is 11.7 Å². The number of hydrogen-bond acceptors (Lipinski definition) is 5. The number of thiophene rings is 1. The number of ether oxygens (including phenoxy) is 1. The number of halogens is 1. The molecular formula is C27H29FN2O4S. The molecule has 3 heterocycles. The molecule has 184 valence electrons. The van der Waals surface area contributed by atoms with Gasteiger partial charge in [-0.05, 0) is 60.5 Å². The van der Waals surface area contributed by atoms with Gasteiger partial charge in [0.15, 0.2) is 0 Å². The molecule has 0 saturated heterocycles. The molecule has 1 aliphatic carbocycles. The van der Waals surface area contributed by atoms with Crippen LogP contribution in [0.5, 0.6) is 5.75 Å². The Morgan fingerprint density at radius 3 is 2.80 bits per heavy atom. The SMILES string of the molecule is O=C(C1CCCC1)N(CC(=O)N1CCc2sccc2[C@H]1COc1cccc(F)c1)Cc1ccco1. The van der Waals surface area contributed by atoms with E-state index in [-0.39, 0.29) is 49.3 Å². The molecule has 0 radical (unpaired) electrons. The molecule has 1 aromatic carbocycles. The predicted octanol–water partition coefficient (Wildman–Crippen LogP) is 5.20. The number of rotatable bonds is 8. The van der Waals surface area contributed by atoms with Crippen LogP contribution in [-0.4, -0.2) is 41.3 Å². The first-order valence-corrected chi connectivity index (χ1v) is 13.0. The molecule has 1 aliphatic heterocycles. The van der Waals surface area contributed by atoms with Gasteiger partial charge in [0.05, 0.1) is 18.8 Å². The van der Waals surface area contributed by atoms with Gasteiger partial charge < -0.3 is 19.0 Å². The highest BCUT2D eigenvalue weighted by Crippen LogP contribution is 2.34. The summed E-state index contributed by atoms with van der Waals surface area (Å²) in [7, 11) is 0. The average molecular weight is 497 g/mol. The molecule has 1 saturated carbocycles. The van der Waals surface area contributed by atoms with Gasteiger partial charge in [-0.3, -0.25) is 9.59 Å². The molecule has 0 unspecified atom stereocenters. The van der Waals surface area contributed by atoms with Gasteiger partial charge in [0.2, 0.25) is 11.8 Å². The summed E-state index contributed by atoms with van der Waals surface area (Å²) in [6.45, 7) is 1.03. The van der Waals surface area contributed by atoms with E-state index in [1.807, 2.05) is 22.4 Å². The van der Waals surface area contributed by atoms with Crippen LogP contribution in [0.25, 0.3) is 0 Å². The van der Waals surface area contributed by atoms with E-state index in [4.69, 9.17) is 9.15 Å². The molecule has 2 aromatic heterocycles. The highest BCUT2D eigenvalue weighted by molar-refractivity contribution is 7.10. The third-order valence-corrected chi connectivity index (χ3v) is 7.88. The van der Waals surface area contributed by atoms with Crippen LogP contribution in [0.3, 0.4) is 0 Å². The first-order valence-electron chi connectivity index (χ1n) is 12.1. The van der Waals surface area contributed by atoms with Crippen molar-refractivity contribution in [3.05, 3.63) is 76.1 Å². The first kappa shape index (κ1) is 23.6. The number of hydrogen-bond donors (Lipinski definition) is 0. The molecule has 5 rings (SSSR count). The second-order valence-corrected chi connectivity index (χ2v) is 10.2. The van der Waals surface area contributed by atoms with E-state index in [2.05, 4.69) is 0 Å². The molecule has 0 N–H and O–H groups in total. The van der Waals surface area contributed by atoms with Crippen molar-refractivity contribution in [2.45, 2.75) is 44.7 Å². The molecule has 3 aromatic rings. The van der Waals surface area contributed by atoms with Gasteiger partial charge in [-0.15, -0.1) is 11.3 Å². The lowest BCUT2D eigenvalue weighted by Crippen LogP contribution is -2.48. The third kappa shape index (κ3) is 5.42. The summed E-state index contributed by atoms with van der Waals surface area (Å²) in [6.07, 6.45) is 6.18. The third-order valence-electron chi connectivity index (χ3n) is 6.89. The van der Waals surface area contributed by atoms with Crippen LogP contribution in [0.4, 0.5) is 4.39 Å². The van der Waals surface area contributed by atoms with Gasteiger partial charge in [-0.1, -0.05) is 18.9 Å². The van der Waals surface area contributed by atoms with Crippen molar-refractivity contribution < 1.29 is 23.1 Å². The van der Waals surface area contributed by atoms with Gasteiger partial charge in [0.25, 0.3) is 0 Å². The number of fused-ring (bicyclic) bond motifs is 1. The summed E-state index contributed by atoms with van der Waals surface area (Å²) >= 11 is 1.67. The molecule has 1 fully saturated rings. The Hall–Kier alpha value is -3.13. The predicted molar refractivity (Wildman–Crippen MR) is 130 cm³/mol. The fourth-order valence-corrected chi connectivity index (χ4v) is 6.02. The zero-order valence-electron chi connectivity index (χ0n) is 19.5. The molecule has 1 atom stereocenters. The monoisotopic (exact) mass is 496 g/mol. The largest absolute Gasteiger partial charge is 0.491 e. The highest BCUT2D eigenvalue weighted by atomic mass is 32.1. The first-order chi connectivity index (χ1) is 17.1. The van der Waals surface area contributed by atoms with Gasteiger partial charge in [-0.2, -0.15) is 0 Å². The topological polar surface area (TPSA) is 63.0 Å². The Labute approximate surface area is 208 Å².